The van der Waals surface area contributed by atoms with Crippen molar-refractivity contribution in [3.05, 3.63) is 59.4 Å². The molecule has 0 aliphatic carbocycles. The van der Waals surface area contributed by atoms with Gasteiger partial charge in [0.25, 0.3) is 0 Å². The van der Waals surface area contributed by atoms with Gasteiger partial charge in [-0.25, -0.2) is 4.98 Å². The molecule has 0 aliphatic rings. The van der Waals surface area contributed by atoms with Gasteiger partial charge in [0.1, 0.15) is 5.65 Å². The van der Waals surface area contributed by atoms with Crippen LogP contribution in [0.2, 0.25) is 5.02 Å². The van der Waals surface area contributed by atoms with Crippen molar-refractivity contribution in [2.24, 2.45) is 0 Å². The van der Waals surface area contributed by atoms with Crippen molar-refractivity contribution in [1.82, 2.24) is 14.7 Å². The van der Waals surface area contributed by atoms with Crippen molar-refractivity contribution in [1.29, 1.82) is 0 Å². The summed E-state index contributed by atoms with van der Waals surface area (Å²) in [5, 5.41) is 12.3. The van der Waals surface area contributed by atoms with Crippen molar-refractivity contribution < 1.29 is 9.90 Å². The van der Waals surface area contributed by atoms with Crippen LogP contribution in [0.25, 0.3) is 16.9 Å². The molecule has 2 aromatic heterocycles. The van der Waals surface area contributed by atoms with E-state index in [1.165, 1.54) is 0 Å². The van der Waals surface area contributed by atoms with Crippen LogP contribution in [0.4, 0.5) is 0 Å². The van der Waals surface area contributed by atoms with Crippen molar-refractivity contribution in [2.75, 3.05) is 13.2 Å². The average Bonchev–Trinajstić information content (AvgIpc) is 2.94. The van der Waals surface area contributed by atoms with Gasteiger partial charge in [-0.1, -0.05) is 29.8 Å². The summed E-state index contributed by atoms with van der Waals surface area (Å²) in [6, 6.07) is 13.2. The van der Waals surface area contributed by atoms with E-state index in [0.717, 1.165) is 22.6 Å². The van der Waals surface area contributed by atoms with E-state index in [2.05, 4.69) is 10.3 Å². The molecule has 1 aromatic carbocycles. The van der Waals surface area contributed by atoms with Gasteiger partial charge in [0.2, 0.25) is 5.91 Å². The maximum Gasteiger partial charge on any atom is 0.226 e. The highest BCUT2D eigenvalue weighted by molar-refractivity contribution is 6.30. The first-order valence-electron chi connectivity index (χ1n) is 7.78. The number of aliphatic hydroxyl groups is 1. The second-order valence-electron chi connectivity index (χ2n) is 5.45. The Bertz CT molecular complexity index is 843. The second-order valence-corrected chi connectivity index (χ2v) is 5.88. The van der Waals surface area contributed by atoms with E-state index in [1.807, 2.05) is 53.1 Å². The molecule has 6 heteroatoms. The van der Waals surface area contributed by atoms with Crippen LogP contribution in [0.5, 0.6) is 0 Å². The van der Waals surface area contributed by atoms with Crippen molar-refractivity contribution in [3.63, 3.8) is 0 Å². The summed E-state index contributed by atoms with van der Waals surface area (Å²) in [5.41, 5.74) is 3.31. The zero-order chi connectivity index (χ0) is 16.9. The number of amides is 1. The fourth-order valence-electron chi connectivity index (χ4n) is 2.58. The number of fused-ring (bicyclic) bond motifs is 1. The molecule has 2 N–H and O–H groups in total. The Morgan fingerprint density at radius 3 is 2.75 bits per heavy atom. The zero-order valence-corrected chi connectivity index (χ0v) is 13.8. The predicted molar refractivity (Wildman–Crippen MR) is 94.1 cm³/mol. The first-order chi connectivity index (χ1) is 11.7. The molecular formula is C18H18ClN3O2. The topological polar surface area (TPSA) is 66.6 Å². The number of nitrogens with zero attached hydrogens (tertiary/aromatic N) is 2. The molecule has 3 aromatic rings. The molecule has 0 atom stereocenters. The van der Waals surface area contributed by atoms with Crippen LogP contribution < -0.4 is 5.32 Å². The molecule has 0 unspecified atom stereocenters. The lowest BCUT2D eigenvalue weighted by Gasteiger charge is -2.07. The van der Waals surface area contributed by atoms with Crippen LogP contribution in [-0.2, 0) is 11.2 Å². The van der Waals surface area contributed by atoms with E-state index in [4.69, 9.17) is 16.7 Å². The molecule has 24 heavy (non-hydrogen) atoms. The Balaban J connectivity index is 1.96. The van der Waals surface area contributed by atoms with Crippen molar-refractivity contribution in [3.8, 4) is 11.3 Å². The lowest BCUT2D eigenvalue weighted by Crippen LogP contribution is -2.27. The fraction of sp³-hybridized carbons (Fsp3) is 0.222. The molecule has 3 rings (SSSR count). The van der Waals surface area contributed by atoms with Crippen LogP contribution in [0, 0.1) is 0 Å². The molecule has 124 valence electrons. The second kappa shape index (κ2) is 7.47. The summed E-state index contributed by atoms with van der Waals surface area (Å²) >= 11 is 5.96. The summed E-state index contributed by atoms with van der Waals surface area (Å²) in [6.45, 7) is 0.522. The van der Waals surface area contributed by atoms with Gasteiger partial charge in [0.05, 0.1) is 17.8 Å². The first kappa shape index (κ1) is 16.5. The van der Waals surface area contributed by atoms with Crippen LogP contribution in [0.1, 0.15) is 12.1 Å². The molecule has 2 heterocycles. The number of rotatable bonds is 6. The number of hydrogen-bond acceptors (Lipinski definition) is 3. The number of imidazole rings is 1. The molecule has 0 bridgehead atoms. The number of halogens is 1. The normalized spacial score (nSPS) is 10.9. The Morgan fingerprint density at radius 1 is 1.21 bits per heavy atom. The van der Waals surface area contributed by atoms with Gasteiger partial charge in [-0.2, -0.15) is 0 Å². The number of carbonyl (C=O) groups excluding carboxylic acids is 1. The van der Waals surface area contributed by atoms with E-state index in [9.17, 15) is 4.79 Å². The summed E-state index contributed by atoms with van der Waals surface area (Å²) in [4.78, 5) is 16.9. The smallest absolute Gasteiger partial charge is 0.226 e. The quantitative estimate of drug-likeness (QED) is 0.676. The third-order valence-electron chi connectivity index (χ3n) is 3.73. The third-order valence-corrected chi connectivity index (χ3v) is 3.98. The number of aromatic nitrogens is 2. The van der Waals surface area contributed by atoms with Gasteiger partial charge in [0.15, 0.2) is 0 Å². The Kier molecular flexibility index (Phi) is 5.13. The van der Waals surface area contributed by atoms with Gasteiger partial charge in [0, 0.05) is 29.9 Å². The van der Waals surface area contributed by atoms with E-state index in [1.54, 1.807) is 0 Å². The van der Waals surface area contributed by atoms with Gasteiger partial charge in [-0.05, 0) is 30.7 Å². The molecule has 1 amide bonds. The number of hydrogen-bond donors (Lipinski definition) is 2. The minimum Gasteiger partial charge on any atom is -0.396 e. The first-order valence-corrected chi connectivity index (χ1v) is 8.16. The third kappa shape index (κ3) is 3.58. The number of aliphatic hydroxyl groups excluding tert-OH is 1. The van der Waals surface area contributed by atoms with Crippen LogP contribution in [0.3, 0.4) is 0 Å². The molecule has 0 spiro atoms. The van der Waals surface area contributed by atoms with Crippen LogP contribution in [0.15, 0.2) is 48.7 Å². The Hall–Kier alpha value is -2.37. The van der Waals surface area contributed by atoms with Crippen molar-refractivity contribution >= 4 is 23.2 Å². The zero-order valence-electron chi connectivity index (χ0n) is 13.1. The predicted octanol–water partition coefficient (Wildman–Crippen LogP) is 2.70. The van der Waals surface area contributed by atoms with E-state index in [0.29, 0.717) is 18.0 Å². The highest BCUT2D eigenvalue weighted by atomic mass is 35.5. The maximum absolute atomic E-state index is 12.2. The van der Waals surface area contributed by atoms with E-state index in [-0.39, 0.29) is 18.9 Å². The number of nitrogens with one attached hydrogen (secondary N) is 1. The number of pyridine rings is 1. The summed E-state index contributed by atoms with van der Waals surface area (Å²) in [5.74, 6) is -0.0932. The Morgan fingerprint density at radius 2 is 2.00 bits per heavy atom. The van der Waals surface area contributed by atoms with Crippen LogP contribution >= 0.6 is 11.6 Å². The van der Waals surface area contributed by atoms with E-state index < -0.39 is 0 Å². The minimum atomic E-state index is -0.0932. The minimum absolute atomic E-state index is 0.0614. The highest BCUT2D eigenvalue weighted by Crippen LogP contribution is 2.26. The average molecular weight is 344 g/mol. The largest absolute Gasteiger partial charge is 0.396 e. The van der Waals surface area contributed by atoms with Gasteiger partial charge < -0.3 is 14.8 Å². The van der Waals surface area contributed by atoms with E-state index >= 15 is 0 Å². The number of carbonyl (C=O) groups is 1. The van der Waals surface area contributed by atoms with Gasteiger partial charge in [-0.3, -0.25) is 4.79 Å². The monoisotopic (exact) mass is 343 g/mol. The molecule has 0 saturated heterocycles. The van der Waals surface area contributed by atoms with Crippen LogP contribution in [-0.4, -0.2) is 33.6 Å². The lowest BCUT2D eigenvalue weighted by atomic mass is 10.1. The van der Waals surface area contributed by atoms with Crippen molar-refractivity contribution in [2.45, 2.75) is 12.8 Å². The lowest BCUT2D eigenvalue weighted by molar-refractivity contribution is -0.120. The standard InChI is InChI=1S/C18H18ClN3O2/c19-14-7-5-13(6-8-14)18-15(12-17(24)20-9-3-11-23)22-10-2-1-4-16(22)21-18/h1-2,4-8,10,23H,3,9,11-12H2,(H,20,24). The number of benzene rings is 1. The molecular weight excluding hydrogens is 326 g/mol. The summed E-state index contributed by atoms with van der Waals surface area (Å²) in [7, 11) is 0. The van der Waals surface area contributed by atoms with Gasteiger partial charge >= 0.3 is 0 Å². The fourth-order valence-corrected chi connectivity index (χ4v) is 2.70. The maximum atomic E-state index is 12.2. The van der Waals surface area contributed by atoms with Gasteiger partial charge in [-0.15, -0.1) is 0 Å². The molecule has 0 fully saturated rings. The molecule has 0 aliphatic heterocycles. The summed E-state index contributed by atoms with van der Waals surface area (Å²) < 4.78 is 1.93. The molecule has 0 radical (unpaired) electrons. The highest BCUT2D eigenvalue weighted by Gasteiger charge is 2.16. The molecule has 0 saturated carbocycles. The Labute approximate surface area is 144 Å². The summed E-state index contributed by atoms with van der Waals surface area (Å²) in [6.07, 6.45) is 2.66. The molecule has 5 nitrogen and oxygen atoms in total. The SMILES string of the molecule is O=C(Cc1c(-c2ccc(Cl)cc2)nc2ccccn12)NCCCO.